The molecule has 0 unspecified atom stereocenters. The summed E-state index contributed by atoms with van der Waals surface area (Å²) in [6.07, 6.45) is 4.14. The van der Waals surface area contributed by atoms with Gasteiger partial charge in [0.15, 0.2) is 0 Å². The van der Waals surface area contributed by atoms with Crippen LogP contribution >= 0.6 is 11.3 Å². The summed E-state index contributed by atoms with van der Waals surface area (Å²) >= 11 is 1.63. The van der Waals surface area contributed by atoms with Gasteiger partial charge in [-0.1, -0.05) is 30.7 Å². The Labute approximate surface area is 163 Å². The van der Waals surface area contributed by atoms with Gasteiger partial charge in [-0.3, -0.25) is 9.69 Å². The molecule has 0 aliphatic carbocycles. The number of piperidine rings is 1. The van der Waals surface area contributed by atoms with E-state index in [0.29, 0.717) is 19.0 Å². The first-order valence-electron chi connectivity index (χ1n) is 9.59. The maximum absolute atomic E-state index is 13.2. The van der Waals surface area contributed by atoms with Crippen LogP contribution in [0.15, 0.2) is 46.9 Å². The van der Waals surface area contributed by atoms with Crippen LogP contribution in [-0.4, -0.2) is 45.8 Å². The smallest absolute Gasteiger partial charge is 0.257 e. The summed E-state index contributed by atoms with van der Waals surface area (Å²) in [5.41, 5.74) is 1.67. The lowest BCUT2D eigenvalue weighted by atomic mass is 10.00. The number of amides is 1. The Hall–Kier alpha value is -2.18. The molecule has 1 fully saturated rings. The Morgan fingerprint density at radius 2 is 2.11 bits per heavy atom. The molecule has 1 amide bonds. The number of benzene rings is 1. The third-order valence-electron chi connectivity index (χ3n) is 5.55. The van der Waals surface area contributed by atoms with Gasteiger partial charge in [0.25, 0.3) is 5.91 Å². The molecular formula is C21H25N3O2S. The summed E-state index contributed by atoms with van der Waals surface area (Å²) in [6.45, 7) is 3.53. The van der Waals surface area contributed by atoms with Crippen molar-refractivity contribution >= 4 is 23.0 Å². The lowest BCUT2D eigenvalue weighted by molar-refractivity contribution is -0.135. The molecule has 1 N–H and O–H groups in total. The number of hydrogen-bond donors (Lipinski definition) is 1. The van der Waals surface area contributed by atoms with Crippen LogP contribution in [0.1, 0.15) is 49.1 Å². The fraction of sp³-hybridized carbons (Fsp3) is 0.429. The van der Waals surface area contributed by atoms with E-state index in [2.05, 4.69) is 11.8 Å². The number of hydrogen-bond acceptors (Lipinski definition) is 5. The number of nitrogens with zero attached hydrogens (tertiary/aromatic N) is 3. The van der Waals surface area contributed by atoms with E-state index in [0.717, 1.165) is 35.5 Å². The zero-order valence-electron chi connectivity index (χ0n) is 15.5. The van der Waals surface area contributed by atoms with E-state index < -0.39 is 0 Å². The third-order valence-corrected chi connectivity index (χ3v) is 6.47. The minimum atomic E-state index is -0.254. The molecule has 0 spiro atoms. The third kappa shape index (κ3) is 3.77. The van der Waals surface area contributed by atoms with Gasteiger partial charge in [0.1, 0.15) is 5.75 Å². The number of thiophene rings is 1. The summed E-state index contributed by atoms with van der Waals surface area (Å²) in [6, 6.07) is 11.5. The van der Waals surface area contributed by atoms with E-state index in [1.807, 2.05) is 29.6 Å². The highest BCUT2D eigenvalue weighted by atomic mass is 32.1. The number of carbonyl (C=O) groups excluding carboxylic acids is 1. The standard InChI is InChI=1S/C21H25N3O2S/c1-15-7-4-5-11-23(15)14-21(26)24-18(16-8-2-3-9-19(16)25)13-17(22-24)20-10-6-12-27-20/h2-3,6,8-10,12,15,18,25H,4-5,7,11,13-14H2,1H3/t15-,18+/m0/s1. The molecular weight excluding hydrogens is 358 g/mol. The summed E-state index contributed by atoms with van der Waals surface area (Å²) in [5.74, 6) is 0.220. The fourth-order valence-electron chi connectivity index (χ4n) is 3.98. The summed E-state index contributed by atoms with van der Waals surface area (Å²) in [4.78, 5) is 16.5. The van der Waals surface area contributed by atoms with Gasteiger partial charge in [0, 0.05) is 18.0 Å². The van der Waals surface area contributed by atoms with Gasteiger partial charge >= 0.3 is 0 Å². The number of para-hydroxylation sites is 1. The summed E-state index contributed by atoms with van der Waals surface area (Å²) in [7, 11) is 0. The quantitative estimate of drug-likeness (QED) is 0.868. The van der Waals surface area contributed by atoms with Crippen LogP contribution < -0.4 is 0 Å². The van der Waals surface area contributed by atoms with Gasteiger partial charge in [-0.25, -0.2) is 5.01 Å². The predicted octanol–water partition coefficient (Wildman–Crippen LogP) is 4.01. The molecule has 0 bridgehead atoms. The van der Waals surface area contributed by atoms with Crippen LogP contribution in [0, 0.1) is 0 Å². The van der Waals surface area contributed by atoms with Crippen molar-refractivity contribution < 1.29 is 9.90 Å². The number of phenols is 1. The van der Waals surface area contributed by atoms with E-state index >= 15 is 0 Å². The normalized spacial score (nSPS) is 23.4. The number of aromatic hydroxyl groups is 1. The number of likely N-dealkylation sites (tertiary alicyclic amines) is 1. The van der Waals surface area contributed by atoms with Crippen molar-refractivity contribution in [2.45, 2.75) is 44.7 Å². The molecule has 1 aromatic heterocycles. The minimum absolute atomic E-state index is 0.00330. The van der Waals surface area contributed by atoms with Crippen molar-refractivity contribution in [3.05, 3.63) is 52.2 Å². The van der Waals surface area contributed by atoms with Gasteiger partial charge in [-0.05, 0) is 43.8 Å². The van der Waals surface area contributed by atoms with Crippen molar-refractivity contribution in [3.63, 3.8) is 0 Å². The second kappa shape index (κ2) is 7.82. The molecule has 0 radical (unpaired) electrons. The highest BCUT2D eigenvalue weighted by molar-refractivity contribution is 7.12. The van der Waals surface area contributed by atoms with Crippen molar-refractivity contribution in [1.29, 1.82) is 0 Å². The van der Waals surface area contributed by atoms with Crippen molar-refractivity contribution in [2.75, 3.05) is 13.1 Å². The molecule has 6 heteroatoms. The zero-order valence-corrected chi connectivity index (χ0v) is 16.4. The average Bonchev–Trinajstić information content (AvgIpc) is 3.33. The number of carbonyl (C=O) groups is 1. The van der Waals surface area contributed by atoms with Gasteiger partial charge in [-0.15, -0.1) is 11.3 Å². The van der Waals surface area contributed by atoms with E-state index in [1.165, 1.54) is 6.42 Å². The lowest BCUT2D eigenvalue weighted by Gasteiger charge is -2.34. The number of hydrazone groups is 1. The van der Waals surface area contributed by atoms with Crippen molar-refractivity contribution in [1.82, 2.24) is 9.91 Å². The van der Waals surface area contributed by atoms with E-state index in [1.54, 1.807) is 28.5 Å². The van der Waals surface area contributed by atoms with Crippen molar-refractivity contribution in [2.24, 2.45) is 5.10 Å². The topological polar surface area (TPSA) is 56.1 Å². The highest BCUT2D eigenvalue weighted by Crippen LogP contribution is 2.37. The first kappa shape index (κ1) is 18.2. The molecule has 1 saturated heterocycles. The Morgan fingerprint density at radius 1 is 1.26 bits per heavy atom. The van der Waals surface area contributed by atoms with E-state index in [4.69, 9.17) is 5.10 Å². The molecule has 2 atom stereocenters. The molecule has 5 nitrogen and oxygen atoms in total. The zero-order chi connectivity index (χ0) is 18.8. The molecule has 0 saturated carbocycles. The van der Waals surface area contributed by atoms with E-state index in [-0.39, 0.29) is 17.7 Å². The van der Waals surface area contributed by atoms with Gasteiger partial charge in [-0.2, -0.15) is 5.10 Å². The SMILES string of the molecule is C[C@H]1CCCCN1CC(=O)N1N=C(c2cccs2)C[C@@H]1c1ccccc1O. The van der Waals surface area contributed by atoms with Crippen LogP contribution in [0.25, 0.3) is 0 Å². The molecule has 3 heterocycles. The molecule has 4 rings (SSSR count). The largest absolute Gasteiger partial charge is 0.508 e. The van der Waals surface area contributed by atoms with Gasteiger partial charge in [0.05, 0.1) is 23.2 Å². The van der Waals surface area contributed by atoms with Gasteiger partial charge in [0.2, 0.25) is 0 Å². The maximum Gasteiger partial charge on any atom is 0.257 e. The van der Waals surface area contributed by atoms with Crippen LogP contribution in [-0.2, 0) is 4.79 Å². The molecule has 27 heavy (non-hydrogen) atoms. The molecule has 142 valence electrons. The van der Waals surface area contributed by atoms with Gasteiger partial charge < -0.3 is 5.11 Å². The Morgan fingerprint density at radius 3 is 2.85 bits per heavy atom. The first-order chi connectivity index (χ1) is 13.1. The van der Waals surface area contributed by atoms with Crippen molar-refractivity contribution in [3.8, 4) is 5.75 Å². The van der Waals surface area contributed by atoms with Crippen LogP contribution in [0.4, 0.5) is 0 Å². The van der Waals surface area contributed by atoms with Crippen LogP contribution in [0.2, 0.25) is 0 Å². The fourth-order valence-corrected chi connectivity index (χ4v) is 4.70. The Bertz CT molecular complexity index is 834. The Balaban J connectivity index is 1.60. The maximum atomic E-state index is 13.2. The lowest BCUT2D eigenvalue weighted by Crippen LogP contribution is -2.44. The second-order valence-electron chi connectivity index (χ2n) is 7.36. The second-order valence-corrected chi connectivity index (χ2v) is 8.30. The Kier molecular flexibility index (Phi) is 5.27. The molecule has 1 aromatic carbocycles. The minimum Gasteiger partial charge on any atom is -0.508 e. The number of rotatable bonds is 4. The monoisotopic (exact) mass is 383 g/mol. The average molecular weight is 384 g/mol. The predicted molar refractivity (Wildman–Crippen MR) is 108 cm³/mol. The molecule has 2 aliphatic heterocycles. The number of phenolic OH excluding ortho intramolecular Hbond substituents is 1. The van der Waals surface area contributed by atoms with Crippen LogP contribution in [0.3, 0.4) is 0 Å². The first-order valence-corrected chi connectivity index (χ1v) is 10.5. The molecule has 2 aromatic rings. The summed E-state index contributed by atoms with van der Waals surface area (Å²) < 4.78 is 0. The van der Waals surface area contributed by atoms with Crippen LogP contribution in [0.5, 0.6) is 5.75 Å². The summed E-state index contributed by atoms with van der Waals surface area (Å²) in [5, 5.41) is 18.7. The molecule has 2 aliphatic rings. The van der Waals surface area contributed by atoms with E-state index in [9.17, 15) is 9.90 Å². The highest BCUT2D eigenvalue weighted by Gasteiger charge is 2.36.